The molecule has 156 valence electrons. The van der Waals surface area contributed by atoms with Crippen LogP contribution in [0.15, 0.2) is 59.6 Å². The first kappa shape index (κ1) is 21.4. The molecule has 3 aromatic rings. The van der Waals surface area contributed by atoms with Gasteiger partial charge in [0.05, 0.1) is 12.1 Å². The van der Waals surface area contributed by atoms with E-state index in [0.29, 0.717) is 22.9 Å². The molecule has 7 heteroatoms. The molecule has 2 aromatic carbocycles. The zero-order chi connectivity index (χ0) is 21.7. The van der Waals surface area contributed by atoms with Gasteiger partial charge in [0.15, 0.2) is 5.84 Å². The van der Waals surface area contributed by atoms with Crippen LogP contribution in [0, 0.1) is 18.6 Å². The second kappa shape index (κ2) is 9.45. The summed E-state index contributed by atoms with van der Waals surface area (Å²) in [5, 5.41) is 9.63. The van der Waals surface area contributed by atoms with Crippen molar-refractivity contribution in [2.45, 2.75) is 33.2 Å². The Morgan fingerprint density at radius 2 is 1.93 bits per heavy atom. The lowest BCUT2D eigenvalue weighted by Crippen LogP contribution is -2.22. The fraction of sp³-hybridized carbons (Fsp3) is 0.217. The number of rotatable bonds is 6. The van der Waals surface area contributed by atoms with Crippen molar-refractivity contribution in [2.75, 3.05) is 0 Å². The lowest BCUT2D eigenvalue weighted by Gasteiger charge is -2.14. The lowest BCUT2D eigenvalue weighted by atomic mass is 10.0. The Morgan fingerprint density at radius 1 is 1.13 bits per heavy atom. The van der Waals surface area contributed by atoms with Crippen LogP contribution in [0.2, 0.25) is 0 Å². The minimum absolute atomic E-state index is 0.0289. The first-order chi connectivity index (χ1) is 14.4. The Kier molecular flexibility index (Phi) is 6.74. The molecule has 2 N–H and O–H groups in total. The molecule has 1 aromatic heterocycles. The summed E-state index contributed by atoms with van der Waals surface area (Å²) < 4.78 is 33.3. The monoisotopic (exact) mass is 411 g/mol. The molecule has 3 rings (SSSR count). The number of hydrogen-bond acceptors (Lipinski definition) is 4. The fourth-order valence-electron chi connectivity index (χ4n) is 2.85. The van der Waals surface area contributed by atoms with Gasteiger partial charge in [0.2, 0.25) is 5.88 Å². The highest BCUT2D eigenvalue weighted by molar-refractivity contribution is 6.00. The number of amidine groups is 1. The third-order valence-corrected chi connectivity index (χ3v) is 4.52. The normalized spacial score (nSPS) is 11.6. The van der Waals surface area contributed by atoms with E-state index in [-0.39, 0.29) is 23.8 Å². The predicted octanol–water partition coefficient (Wildman–Crippen LogP) is 5.51. The molecule has 5 nitrogen and oxygen atoms in total. The SMILES string of the molecule is Cc1ccc(C(=NCc2cc(F)ccc2F)NO)c(Oc2cccc(C(C)C)c2)n1. The van der Waals surface area contributed by atoms with Crippen molar-refractivity contribution in [3.05, 3.63) is 88.6 Å². The van der Waals surface area contributed by atoms with E-state index in [0.717, 1.165) is 23.8 Å². The molecule has 0 aliphatic carbocycles. The molecule has 0 aliphatic rings. The van der Waals surface area contributed by atoms with Gasteiger partial charge in [-0.2, -0.15) is 0 Å². The van der Waals surface area contributed by atoms with Crippen LogP contribution >= 0.6 is 0 Å². The number of halogens is 2. The Morgan fingerprint density at radius 3 is 2.67 bits per heavy atom. The largest absolute Gasteiger partial charge is 0.438 e. The zero-order valence-electron chi connectivity index (χ0n) is 17.0. The Balaban J connectivity index is 1.94. The van der Waals surface area contributed by atoms with Crippen LogP contribution in [-0.2, 0) is 6.54 Å². The van der Waals surface area contributed by atoms with Crippen LogP contribution in [0.5, 0.6) is 11.6 Å². The summed E-state index contributed by atoms with van der Waals surface area (Å²) in [4.78, 5) is 8.60. The van der Waals surface area contributed by atoms with Gasteiger partial charge in [0.25, 0.3) is 0 Å². The number of hydrogen-bond donors (Lipinski definition) is 2. The Labute approximate surface area is 174 Å². The van der Waals surface area contributed by atoms with E-state index in [1.54, 1.807) is 12.1 Å². The topological polar surface area (TPSA) is 66.7 Å². The molecule has 0 fully saturated rings. The Bertz CT molecular complexity index is 1070. The average Bonchev–Trinajstić information content (AvgIpc) is 2.72. The second-order valence-corrected chi connectivity index (χ2v) is 7.15. The first-order valence-corrected chi connectivity index (χ1v) is 9.51. The number of pyridine rings is 1. The van der Waals surface area contributed by atoms with Crippen molar-refractivity contribution in [2.24, 2.45) is 4.99 Å². The Hall–Kier alpha value is -3.32. The van der Waals surface area contributed by atoms with Gasteiger partial charge in [-0.3, -0.25) is 15.7 Å². The maximum Gasteiger partial charge on any atom is 0.230 e. The molecule has 0 radical (unpaired) electrons. The molecule has 0 aliphatic heterocycles. The number of aliphatic imine (C=N–C) groups is 1. The van der Waals surface area contributed by atoms with Crippen molar-refractivity contribution < 1.29 is 18.7 Å². The minimum Gasteiger partial charge on any atom is -0.438 e. The number of aromatic nitrogens is 1. The van der Waals surface area contributed by atoms with Crippen LogP contribution in [-0.4, -0.2) is 16.0 Å². The first-order valence-electron chi connectivity index (χ1n) is 9.51. The van der Waals surface area contributed by atoms with E-state index < -0.39 is 11.6 Å². The van der Waals surface area contributed by atoms with Crippen LogP contribution in [0.25, 0.3) is 0 Å². The summed E-state index contributed by atoms with van der Waals surface area (Å²) in [5.74, 6) is 0.0367. The highest BCUT2D eigenvalue weighted by Gasteiger charge is 2.15. The molecule has 0 saturated heterocycles. The highest BCUT2D eigenvalue weighted by Crippen LogP contribution is 2.27. The van der Waals surface area contributed by atoms with Crippen molar-refractivity contribution in [3.8, 4) is 11.6 Å². The summed E-state index contributed by atoms with van der Waals surface area (Å²) in [6.45, 7) is 5.80. The standard InChI is InChI=1S/C23H23F2N3O2/c1-14(2)16-5-4-6-19(12-16)30-23-20(9-7-15(3)27-23)22(28-29)26-13-17-11-18(24)8-10-21(17)25/h4-12,14,29H,13H2,1-3H3,(H,26,28). The van der Waals surface area contributed by atoms with Gasteiger partial charge >= 0.3 is 0 Å². The van der Waals surface area contributed by atoms with E-state index >= 15 is 0 Å². The third kappa shape index (κ3) is 5.18. The maximum absolute atomic E-state index is 13.9. The fourth-order valence-corrected chi connectivity index (χ4v) is 2.85. The van der Waals surface area contributed by atoms with E-state index in [2.05, 4.69) is 23.8 Å². The zero-order valence-corrected chi connectivity index (χ0v) is 17.0. The molecule has 30 heavy (non-hydrogen) atoms. The second-order valence-electron chi connectivity index (χ2n) is 7.15. The van der Waals surface area contributed by atoms with E-state index in [4.69, 9.17) is 4.74 Å². The molecule has 0 atom stereocenters. The smallest absolute Gasteiger partial charge is 0.230 e. The van der Waals surface area contributed by atoms with Gasteiger partial charge in [-0.25, -0.2) is 13.8 Å². The van der Waals surface area contributed by atoms with E-state index in [1.165, 1.54) is 0 Å². The van der Waals surface area contributed by atoms with Gasteiger partial charge in [-0.1, -0.05) is 26.0 Å². The van der Waals surface area contributed by atoms with Crippen molar-refractivity contribution in [1.82, 2.24) is 10.5 Å². The van der Waals surface area contributed by atoms with Gasteiger partial charge in [-0.05, 0) is 60.9 Å². The summed E-state index contributed by atoms with van der Waals surface area (Å²) in [6, 6.07) is 14.2. The molecule has 0 saturated carbocycles. The number of nitrogens with one attached hydrogen (secondary N) is 1. The van der Waals surface area contributed by atoms with Gasteiger partial charge in [-0.15, -0.1) is 0 Å². The quantitative estimate of drug-likeness (QED) is 0.319. The summed E-state index contributed by atoms with van der Waals surface area (Å²) in [6.07, 6.45) is 0. The predicted molar refractivity (Wildman–Crippen MR) is 111 cm³/mol. The van der Waals surface area contributed by atoms with E-state index in [9.17, 15) is 14.0 Å². The van der Waals surface area contributed by atoms with Crippen molar-refractivity contribution in [3.63, 3.8) is 0 Å². The minimum atomic E-state index is -0.582. The number of ether oxygens (including phenoxy) is 1. The van der Waals surface area contributed by atoms with E-state index in [1.807, 2.05) is 36.7 Å². The molecule has 0 spiro atoms. The summed E-state index contributed by atoms with van der Waals surface area (Å²) >= 11 is 0. The molecule has 0 amide bonds. The maximum atomic E-state index is 13.9. The third-order valence-electron chi connectivity index (χ3n) is 4.52. The summed E-state index contributed by atoms with van der Waals surface area (Å²) in [5.41, 5.74) is 4.28. The van der Waals surface area contributed by atoms with Gasteiger partial charge in [0, 0.05) is 11.3 Å². The van der Waals surface area contributed by atoms with Crippen LogP contribution in [0.4, 0.5) is 8.78 Å². The van der Waals surface area contributed by atoms with Crippen LogP contribution in [0.3, 0.4) is 0 Å². The summed E-state index contributed by atoms with van der Waals surface area (Å²) in [7, 11) is 0. The van der Waals surface area contributed by atoms with Gasteiger partial charge < -0.3 is 4.74 Å². The molecule has 0 bridgehead atoms. The number of nitrogens with zero attached hydrogens (tertiary/aromatic N) is 2. The number of hydroxylamine groups is 1. The van der Waals surface area contributed by atoms with Crippen LogP contribution in [0.1, 0.15) is 42.1 Å². The van der Waals surface area contributed by atoms with Crippen LogP contribution < -0.4 is 10.2 Å². The highest BCUT2D eigenvalue weighted by atomic mass is 19.1. The lowest BCUT2D eigenvalue weighted by molar-refractivity contribution is 0.234. The van der Waals surface area contributed by atoms with Crippen molar-refractivity contribution in [1.29, 1.82) is 0 Å². The average molecular weight is 411 g/mol. The molecule has 0 unspecified atom stereocenters. The molecular formula is C23H23F2N3O2. The van der Waals surface area contributed by atoms with Crippen molar-refractivity contribution >= 4 is 5.84 Å². The molecule has 1 heterocycles. The molecular weight excluding hydrogens is 388 g/mol. The number of benzene rings is 2. The number of aryl methyl sites for hydroxylation is 1. The van der Waals surface area contributed by atoms with Gasteiger partial charge in [0.1, 0.15) is 17.4 Å².